The predicted octanol–water partition coefficient (Wildman–Crippen LogP) is 4.36. The van der Waals surface area contributed by atoms with Crippen molar-refractivity contribution in [1.29, 1.82) is 0 Å². The van der Waals surface area contributed by atoms with E-state index in [0.29, 0.717) is 28.9 Å². The van der Waals surface area contributed by atoms with Crippen LogP contribution in [0.15, 0.2) is 47.8 Å². The molecular formula is C21H20N4O2S. The van der Waals surface area contributed by atoms with Gasteiger partial charge in [0.05, 0.1) is 12.3 Å². The first-order chi connectivity index (χ1) is 13.6. The Labute approximate surface area is 167 Å². The number of hydrogen-bond donors (Lipinski definition) is 0. The highest BCUT2D eigenvalue weighted by atomic mass is 32.2. The highest BCUT2D eigenvalue weighted by Crippen LogP contribution is 2.27. The molecule has 7 heteroatoms. The van der Waals surface area contributed by atoms with E-state index in [1.807, 2.05) is 60.8 Å². The van der Waals surface area contributed by atoms with E-state index in [1.54, 1.807) is 6.92 Å². The van der Waals surface area contributed by atoms with Crippen LogP contribution in [0.4, 0.5) is 0 Å². The molecular weight excluding hydrogens is 372 g/mol. The minimum absolute atomic E-state index is 0.312. The minimum atomic E-state index is -0.373. The van der Waals surface area contributed by atoms with Crippen LogP contribution in [-0.2, 0) is 10.5 Å². The number of carbonyl (C=O) groups excluding carboxylic acids is 1. The zero-order valence-electron chi connectivity index (χ0n) is 16.0. The van der Waals surface area contributed by atoms with Crippen LogP contribution in [0.3, 0.4) is 0 Å². The summed E-state index contributed by atoms with van der Waals surface area (Å²) in [5.41, 5.74) is 3.71. The number of hydrogen-bond acceptors (Lipinski definition) is 6. The van der Waals surface area contributed by atoms with E-state index in [0.717, 1.165) is 27.8 Å². The van der Waals surface area contributed by atoms with Gasteiger partial charge in [-0.2, -0.15) is 0 Å². The Kier molecular flexibility index (Phi) is 5.00. The summed E-state index contributed by atoms with van der Waals surface area (Å²) < 4.78 is 7.12. The molecule has 0 aliphatic heterocycles. The van der Waals surface area contributed by atoms with Gasteiger partial charge in [0.25, 0.3) is 0 Å². The third-order valence-corrected chi connectivity index (χ3v) is 5.22. The molecule has 0 aliphatic rings. The lowest BCUT2D eigenvalue weighted by atomic mass is 10.2. The van der Waals surface area contributed by atoms with Crippen molar-refractivity contribution in [1.82, 2.24) is 19.4 Å². The van der Waals surface area contributed by atoms with Crippen molar-refractivity contribution in [2.45, 2.75) is 31.7 Å². The standard InChI is InChI=1S/C21H20N4O2S/c1-4-27-20(26)18-17(12-28-21-22-13(2)11-14(3)23-21)24-19-16-8-6-5-7-15(16)9-10-25(18)19/h5-11H,4,12H2,1-3H3. The van der Waals surface area contributed by atoms with Crippen LogP contribution in [0.5, 0.6) is 0 Å². The van der Waals surface area contributed by atoms with Crippen molar-refractivity contribution in [2.75, 3.05) is 6.61 Å². The highest BCUT2D eigenvalue weighted by Gasteiger charge is 2.22. The minimum Gasteiger partial charge on any atom is -0.461 e. The molecule has 0 atom stereocenters. The molecule has 0 radical (unpaired) electrons. The third-order valence-electron chi connectivity index (χ3n) is 4.36. The Morgan fingerprint density at radius 2 is 1.86 bits per heavy atom. The first-order valence-corrected chi connectivity index (χ1v) is 10.1. The molecule has 0 saturated heterocycles. The van der Waals surface area contributed by atoms with E-state index < -0.39 is 0 Å². The number of rotatable bonds is 5. The van der Waals surface area contributed by atoms with Gasteiger partial charge in [0.2, 0.25) is 0 Å². The number of thioether (sulfide) groups is 1. The van der Waals surface area contributed by atoms with Crippen LogP contribution in [0.1, 0.15) is 34.5 Å². The van der Waals surface area contributed by atoms with Crippen LogP contribution >= 0.6 is 11.8 Å². The molecule has 0 aliphatic carbocycles. The summed E-state index contributed by atoms with van der Waals surface area (Å²) in [6.07, 6.45) is 1.87. The molecule has 4 rings (SSSR count). The Balaban J connectivity index is 1.80. The molecule has 28 heavy (non-hydrogen) atoms. The topological polar surface area (TPSA) is 69.4 Å². The summed E-state index contributed by atoms with van der Waals surface area (Å²) in [5, 5.41) is 2.75. The van der Waals surface area contributed by atoms with Crippen molar-refractivity contribution in [3.63, 3.8) is 0 Å². The van der Waals surface area contributed by atoms with Gasteiger partial charge in [-0.05, 0) is 38.3 Å². The molecule has 0 fully saturated rings. The van der Waals surface area contributed by atoms with E-state index in [1.165, 1.54) is 11.8 Å². The number of fused-ring (bicyclic) bond motifs is 3. The molecule has 3 heterocycles. The molecule has 0 bridgehead atoms. The number of esters is 1. The summed E-state index contributed by atoms with van der Waals surface area (Å²) in [5.74, 6) is 0.106. The Morgan fingerprint density at radius 1 is 1.11 bits per heavy atom. The Bertz CT molecular complexity index is 1170. The lowest BCUT2D eigenvalue weighted by molar-refractivity contribution is 0.0517. The first kappa shape index (κ1) is 18.4. The average Bonchev–Trinajstić information content (AvgIpc) is 3.05. The predicted molar refractivity (Wildman–Crippen MR) is 110 cm³/mol. The number of nitrogens with zero attached hydrogens (tertiary/aromatic N) is 4. The number of carbonyl (C=O) groups is 1. The van der Waals surface area contributed by atoms with Crippen LogP contribution in [0.2, 0.25) is 0 Å². The maximum Gasteiger partial charge on any atom is 0.357 e. The number of aryl methyl sites for hydroxylation is 2. The highest BCUT2D eigenvalue weighted by molar-refractivity contribution is 7.98. The smallest absolute Gasteiger partial charge is 0.357 e. The number of ether oxygens (including phenoxy) is 1. The summed E-state index contributed by atoms with van der Waals surface area (Å²) >= 11 is 1.47. The molecule has 0 N–H and O–H groups in total. The largest absolute Gasteiger partial charge is 0.461 e. The van der Waals surface area contributed by atoms with Crippen LogP contribution in [0.25, 0.3) is 16.4 Å². The second-order valence-corrected chi connectivity index (χ2v) is 7.39. The monoisotopic (exact) mass is 392 g/mol. The second-order valence-electron chi connectivity index (χ2n) is 6.45. The lowest BCUT2D eigenvalue weighted by Crippen LogP contribution is -2.10. The van der Waals surface area contributed by atoms with Crippen LogP contribution in [-0.4, -0.2) is 31.9 Å². The van der Waals surface area contributed by atoms with E-state index in [-0.39, 0.29) is 5.97 Å². The summed E-state index contributed by atoms with van der Waals surface area (Å²) in [4.78, 5) is 26.4. The van der Waals surface area contributed by atoms with E-state index >= 15 is 0 Å². The molecule has 0 unspecified atom stereocenters. The average molecular weight is 392 g/mol. The third kappa shape index (κ3) is 3.45. The quantitative estimate of drug-likeness (QED) is 0.285. The number of imidazole rings is 1. The number of aromatic nitrogens is 4. The zero-order valence-corrected chi connectivity index (χ0v) is 16.8. The van der Waals surface area contributed by atoms with Gasteiger partial charge < -0.3 is 4.74 Å². The number of benzene rings is 1. The summed E-state index contributed by atoms with van der Waals surface area (Å²) in [6.45, 7) is 6.00. The SMILES string of the molecule is CCOC(=O)c1c(CSc2nc(C)cc(C)n2)nc2c3ccccc3ccn12. The summed E-state index contributed by atoms with van der Waals surface area (Å²) in [7, 11) is 0. The van der Waals surface area contributed by atoms with Gasteiger partial charge >= 0.3 is 5.97 Å². The Hall–Kier alpha value is -2.93. The van der Waals surface area contributed by atoms with Crippen molar-refractivity contribution < 1.29 is 9.53 Å². The first-order valence-electron chi connectivity index (χ1n) is 9.07. The fourth-order valence-electron chi connectivity index (χ4n) is 3.22. The maximum absolute atomic E-state index is 12.7. The van der Waals surface area contributed by atoms with Crippen molar-refractivity contribution in [3.05, 3.63) is 65.4 Å². The molecule has 3 aromatic heterocycles. The molecule has 6 nitrogen and oxygen atoms in total. The molecule has 4 aromatic rings. The van der Waals surface area contributed by atoms with Crippen LogP contribution in [0, 0.1) is 13.8 Å². The Morgan fingerprint density at radius 3 is 2.61 bits per heavy atom. The number of pyridine rings is 1. The zero-order chi connectivity index (χ0) is 19.7. The van der Waals surface area contributed by atoms with Crippen LogP contribution < -0.4 is 0 Å². The summed E-state index contributed by atoms with van der Waals surface area (Å²) in [6, 6.07) is 11.9. The normalized spacial score (nSPS) is 11.2. The van der Waals surface area contributed by atoms with Gasteiger partial charge in [-0.25, -0.2) is 19.7 Å². The van der Waals surface area contributed by atoms with Gasteiger partial charge in [0, 0.05) is 28.7 Å². The molecule has 0 saturated carbocycles. The van der Waals surface area contributed by atoms with Crippen molar-refractivity contribution in [2.24, 2.45) is 0 Å². The van der Waals surface area contributed by atoms with Gasteiger partial charge in [-0.15, -0.1) is 0 Å². The van der Waals surface area contributed by atoms with E-state index in [2.05, 4.69) is 9.97 Å². The van der Waals surface area contributed by atoms with Crippen molar-refractivity contribution in [3.8, 4) is 0 Å². The van der Waals surface area contributed by atoms with E-state index in [9.17, 15) is 4.79 Å². The van der Waals surface area contributed by atoms with Gasteiger partial charge in [-0.3, -0.25) is 4.40 Å². The molecule has 1 aromatic carbocycles. The fourth-order valence-corrected chi connectivity index (χ4v) is 4.11. The van der Waals surface area contributed by atoms with E-state index in [4.69, 9.17) is 9.72 Å². The molecule has 0 spiro atoms. The van der Waals surface area contributed by atoms with Gasteiger partial charge in [-0.1, -0.05) is 36.0 Å². The molecule has 142 valence electrons. The second kappa shape index (κ2) is 7.59. The maximum atomic E-state index is 12.7. The molecule has 0 amide bonds. The van der Waals surface area contributed by atoms with Crippen molar-refractivity contribution >= 4 is 34.2 Å². The van der Waals surface area contributed by atoms with Gasteiger partial charge in [0.1, 0.15) is 5.65 Å². The van der Waals surface area contributed by atoms with Gasteiger partial charge in [0.15, 0.2) is 10.9 Å². The fraction of sp³-hybridized carbons (Fsp3) is 0.238. The lowest BCUT2D eigenvalue weighted by Gasteiger charge is -2.06.